The summed E-state index contributed by atoms with van der Waals surface area (Å²) in [6.07, 6.45) is 0.571. The average Bonchev–Trinajstić information content (AvgIpc) is 2.72. The van der Waals surface area contributed by atoms with Gasteiger partial charge in [-0.1, -0.05) is 32.6 Å². The number of piperidine rings is 1. The first-order valence-corrected chi connectivity index (χ1v) is 7.41. The summed E-state index contributed by atoms with van der Waals surface area (Å²) < 4.78 is 0. The molecule has 2 aliphatic rings. The second-order valence-corrected chi connectivity index (χ2v) is 6.01. The zero-order chi connectivity index (χ0) is 16.0. The third kappa shape index (κ3) is 2.04. The molecule has 2 aliphatic heterocycles. The van der Waals surface area contributed by atoms with Crippen molar-refractivity contribution in [3.05, 3.63) is 41.5 Å². The summed E-state index contributed by atoms with van der Waals surface area (Å²) in [5.74, 6) is -0.679. The molecule has 3 amide bonds. The number of amides is 3. The van der Waals surface area contributed by atoms with Crippen LogP contribution >= 0.6 is 0 Å². The predicted octanol–water partition coefficient (Wildman–Crippen LogP) is 2.04. The highest BCUT2D eigenvalue weighted by Gasteiger charge is 2.42. The van der Waals surface area contributed by atoms with Gasteiger partial charge in [-0.15, -0.1) is 0 Å². The summed E-state index contributed by atoms with van der Waals surface area (Å²) in [6.45, 7) is 8.15. The minimum atomic E-state index is -0.662. The van der Waals surface area contributed by atoms with Crippen LogP contribution in [-0.2, 0) is 9.59 Å². The molecule has 1 saturated heterocycles. The number of fused-ring (bicyclic) bond motifs is 1. The lowest BCUT2D eigenvalue weighted by atomic mass is 9.93. The van der Waals surface area contributed by atoms with E-state index in [0.717, 1.165) is 11.1 Å². The van der Waals surface area contributed by atoms with Crippen LogP contribution in [0.15, 0.2) is 24.8 Å². The van der Waals surface area contributed by atoms with Crippen LogP contribution in [0, 0.1) is 0 Å². The molecule has 1 atom stereocenters. The highest BCUT2D eigenvalue weighted by Crippen LogP contribution is 2.39. The number of nitrogens with zero attached hydrogens (tertiary/aromatic N) is 1. The molecule has 5 nitrogen and oxygen atoms in total. The second-order valence-electron chi connectivity index (χ2n) is 6.01. The van der Waals surface area contributed by atoms with Crippen LogP contribution in [0.1, 0.15) is 54.1 Å². The molecule has 3 rings (SSSR count). The number of rotatable bonds is 2. The van der Waals surface area contributed by atoms with Crippen LogP contribution in [0.5, 0.6) is 0 Å². The number of benzene rings is 1. The molecule has 0 bridgehead atoms. The van der Waals surface area contributed by atoms with Crippen LogP contribution in [-0.4, -0.2) is 28.7 Å². The highest BCUT2D eigenvalue weighted by molar-refractivity contribution is 6.13. The Bertz CT molecular complexity index is 706. The van der Waals surface area contributed by atoms with Crippen molar-refractivity contribution in [1.82, 2.24) is 10.2 Å². The van der Waals surface area contributed by atoms with Gasteiger partial charge >= 0.3 is 0 Å². The highest BCUT2D eigenvalue weighted by atomic mass is 16.2. The van der Waals surface area contributed by atoms with Gasteiger partial charge in [0.25, 0.3) is 5.91 Å². The second kappa shape index (κ2) is 5.09. The SMILES string of the molecule is C=C1c2c(cccc2C(C)C)C(=O)N1C1CCC(=O)NC1=O. The zero-order valence-electron chi connectivity index (χ0n) is 12.7. The molecule has 0 aliphatic carbocycles. The van der Waals surface area contributed by atoms with Crippen LogP contribution < -0.4 is 5.32 Å². The standard InChI is InChI=1S/C17H18N2O3/c1-9(2)11-5-4-6-12-15(11)10(3)19(17(12)22)13-7-8-14(20)18-16(13)21/h4-6,9,13H,3,7-8H2,1-2H3,(H,18,20,21). The molecule has 1 fully saturated rings. The van der Waals surface area contributed by atoms with Gasteiger partial charge in [0.1, 0.15) is 6.04 Å². The molecular weight excluding hydrogens is 280 g/mol. The van der Waals surface area contributed by atoms with Crippen LogP contribution in [0.4, 0.5) is 0 Å². The van der Waals surface area contributed by atoms with E-state index in [1.54, 1.807) is 6.07 Å². The first kappa shape index (κ1) is 14.5. The minimum Gasteiger partial charge on any atom is -0.296 e. The van der Waals surface area contributed by atoms with Crippen molar-refractivity contribution in [2.24, 2.45) is 0 Å². The molecule has 5 heteroatoms. The van der Waals surface area contributed by atoms with Gasteiger partial charge in [0, 0.05) is 23.2 Å². The van der Waals surface area contributed by atoms with E-state index in [2.05, 4.69) is 25.7 Å². The van der Waals surface area contributed by atoms with Crippen molar-refractivity contribution in [1.29, 1.82) is 0 Å². The summed E-state index contributed by atoms with van der Waals surface area (Å²) in [5.41, 5.74) is 3.01. The van der Waals surface area contributed by atoms with Gasteiger partial charge in [-0.2, -0.15) is 0 Å². The van der Waals surface area contributed by atoms with E-state index in [9.17, 15) is 14.4 Å². The maximum atomic E-state index is 12.7. The Hall–Kier alpha value is -2.43. The monoisotopic (exact) mass is 298 g/mol. The van der Waals surface area contributed by atoms with Gasteiger partial charge in [-0.25, -0.2) is 0 Å². The largest absolute Gasteiger partial charge is 0.296 e. The lowest BCUT2D eigenvalue weighted by Crippen LogP contribution is -2.52. The van der Waals surface area contributed by atoms with Crippen molar-refractivity contribution in [3.63, 3.8) is 0 Å². The maximum absolute atomic E-state index is 12.7. The van der Waals surface area contributed by atoms with E-state index in [-0.39, 0.29) is 24.2 Å². The summed E-state index contributed by atoms with van der Waals surface area (Å²) in [5, 5.41) is 2.30. The van der Waals surface area contributed by atoms with E-state index in [0.29, 0.717) is 17.7 Å². The fraction of sp³-hybridized carbons (Fsp3) is 0.353. The third-order valence-corrected chi connectivity index (χ3v) is 4.27. The van der Waals surface area contributed by atoms with Gasteiger partial charge < -0.3 is 0 Å². The third-order valence-electron chi connectivity index (χ3n) is 4.27. The molecule has 1 N–H and O–H groups in total. The van der Waals surface area contributed by atoms with Gasteiger partial charge in [0.2, 0.25) is 11.8 Å². The van der Waals surface area contributed by atoms with Gasteiger partial charge in [-0.3, -0.25) is 24.6 Å². The van der Waals surface area contributed by atoms with Gasteiger partial charge in [0.05, 0.1) is 0 Å². The minimum absolute atomic E-state index is 0.211. The molecule has 1 unspecified atom stereocenters. The molecule has 1 aromatic rings. The van der Waals surface area contributed by atoms with E-state index >= 15 is 0 Å². The summed E-state index contributed by atoms with van der Waals surface area (Å²) >= 11 is 0. The number of carbonyl (C=O) groups is 3. The Labute approximate surface area is 129 Å². The Balaban J connectivity index is 2.02. The summed E-state index contributed by atoms with van der Waals surface area (Å²) in [6, 6.07) is 4.94. The molecule has 22 heavy (non-hydrogen) atoms. The lowest BCUT2D eigenvalue weighted by molar-refractivity contribution is -0.136. The molecule has 2 heterocycles. The number of imide groups is 1. The Morgan fingerprint density at radius 1 is 1.27 bits per heavy atom. The van der Waals surface area contributed by atoms with E-state index in [4.69, 9.17) is 0 Å². The van der Waals surface area contributed by atoms with Gasteiger partial charge in [0.15, 0.2) is 0 Å². The van der Waals surface area contributed by atoms with Crippen molar-refractivity contribution >= 4 is 23.4 Å². The van der Waals surface area contributed by atoms with Crippen molar-refractivity contribution < 1.29 is 14.4 Å². The van der Waals surface area contributed by atoms with E-state index in [1.807, 2.05) is 12.1 Å². The number of nitrogens with one attached hydrogen (secondary N) is 1. The smallest absolute Gasteiger partial charge is 0.259 e. The molecule has 1 aromatic carbocycles. The number of hydrogen-bond donors (Lipinski definition) is 1. The van der Waals surface area contributed by atoms with Crippen molar-refractivity contribution in [2.75, 3.05) is 0 Å². The summed E-state index contributed by atoms with van der Waals surface area (Å²) in [4.78, 5) is 37.5. The van der Waals surface area contributed by atoms with E-state index in [1.165, 1.54) is 4.90 Å². The normalized spacial score (nSPS) is 21.4. The maximum Gasteiger partial charge on any atom is 0.259 e. The topological polar surface area (TPSA) is 66.5 Å². The lowest BCUT2D eigenvalue weighted by Gasteiger charge is -2.30. The molecule has 0 saturated carbocycles. The zero-order valence-corrected chi connectivity index (χ0v) is 12.7. The Morgan fingerprint density at radius 3 is 2.64 bits per heavy atom. The molecule has 0 radical (unpaired) electrons. The summed E-state index contributed by atoms with van der Waals surface area (Å²) in [7, 11) is 0. The van der Waals surface area contributed by atoms with Gasteiger partial charge in [-0.05, 0) is 24.0 Å². The number of hydrogen-bond acceptors (Lipinski definition) is 3. The Kier molecular flexibility index (Phi) is 3.35. The quantitative estimate of drug-likeness (QED) is 0.850. The van der Waals surface area contributed by atoms with Crippen LogP contribution in [0.25, 0.3) is 5.70 Å². The Morgan fingerprint density at radius 2 is 2.00 bits per heavy atom. The average molecular weight is 298 g/mol. The first-order chi connectivity index (χ1) is 10.4. The fourth-order valence-corrected chi connectivity index (χ4v) is 3.18. The van der Waals surface area contributed by atoms with Crippen LogP contribution in [0.3, 0.4) is 0 Å². The number of carbonyl (C=O) groups excluding carboxylic acids is 3. The fourth-order valence-electron chi connectivity index (χ4n) is 3.18. The first-order valence-electron chi connectivity index (χ1n) is 7.41. The van der Waals surface area contributed by atoms with E-state index < -0.39 is 11.9 Å². The molecular formula is C17H18N2O3. The van der Waals surface area contributed by atoms with Crippen molar-refractivity contribution in [3.8, 4) is 0 Å². The molecule has 0 spiro atoms. The molecule has 114 valence electrons. The van der Waals surface area contributed by atoms with Crippen molar-refractivity contribution in [2.45, 2.75) is 38.6 Å². The molecule has 0 aromatic heterocycles. The predicted molar refractivity (Wildman–Crippen MR) is 81.9 cm³/mol. The van der Waals surface area contributed by atoms with Crippen LogP contribution in [0.2, 0.25) is 0 Å².